The topological polar surface area (TPSA) is 98.5 Å². The lowest BCUT2D eigenvalue weighted by atomic mass is 9.90. The van der Waals surface area contributed by atoms with Gasteiger partial charge in [0, 0.05) is 25.3 Å². The molecule has 1 aliphatic carbocycles. The average molecular weight is 321 g/mol. The standard InChI is InChI=1S/C11H13ClN2O5S/c1-19-9-4-7(5-9)13-20(17,18)11-6-8(14(15)16)2-3-10(11)12/h2-3,6-7,9,13H,4-5H2,1H3. The van der Waals surface area contributed by atoms with E-state index in [1.54, 1.807) is 7.11 Å². The van der Waals surface area contributed by atoms with Crippen molar-refractivity contribution in [1.29, 1.82) is 0 Å². The molecule has 0 saturated heterocycles. The van der Waals surface area contributed by atoms with Crippen molar-refractivity contribution < 1.29 is 18.1 Å². The van der Waals surface area contributed by atoms with Gasteiger partial charge < -0.3 is 4.74 Å². The van der Waals surface area contributed by atoms with Crippen molar-refractivity contribution in [1.82, 2.24) is 4.72 Å². The molecule has 1 aromatic carbocycles. The quantitative estimate of drug-likeness (QED) is 0.657. The maximum absolute atomic E-state index is 12.2. The first-order chi connectivity index (χ1) is 9.33. The highest BCUT2D eigenvalue weighted by atomic mass is 35.5. The second-order valence-corrected chi connectivity index (χ2v) is 6.61. The monoisotopic (exact) mass is 320 g/mol. The highest BCUT2D eigenvalue weighted by molar-refractivity contribution is 7.89. The number of hydrogen-bond donors (Lipinski definition) is 1. The first-order valence-electron chi connectivity index (χ1n) is 5.82. The highest BCUT2D eigenvalue weighted by Gasteiger charge is 2.33. The van der Waals surface area contributed by atoms with E-state index in [-0.39, 0.29) is 27.8 Å². The van der Waals surface area contributed by atoms with Gasteiger partial charge in [0.15, 0.2) is 0 Å². The van der Waals surface area contributed by atoms with Crippen LogP contribution in [0.2, 0.25) is 5.02 Å². The SMILES string of the molecule is COC1CC(NS(=O)(=O)c2cc([N+](=O)[O-])ccc2Cl)C1. The van der Waals surface area contributed by atoms with Crippen molar-refractivity contribution >= 4 is 27.3 Å². The molecule has 7 nitrogen and oxygen atoms in total. The second kappa shape index (κ2) is 5.65. The van der Waals surface area contributed by atoms with Gasteiger partial charge in [-0.3, -0.25) is 10.1 Å². The molecule has 0 aliphatic heterocycles. The molecule has 1 saturated carbocycles. The largest absolute Gasteiger partial charge is 0.381 e. The Hall–Kier alpha value is -1.22. The summed E-state index contributed by atoms with van der Waals surface area (Å²) in [5, 5.41) is 10.6. The van der Waals surface area contributed by atoms with Crippen LogP contribution in [-0.4, -0.2) is 32.6 Å². The molecule has 1 fully saturated rings. The van der Waals surface area contributed by atoms with E-state index in [2.05, 4.69) is 4.72 Å². The van der Waals surface area contributed by atoms with E-state index in [1.807, 2.05) is 0 Å². The van der Waals surface area contributed by atoms with Gasteiger partial charge in [-0.2, -0.15) is 0 Å². The number of benzene rings is 1. The molecule has 20 heavy (non-hydrogen) atoms. The van der Waals surface area contributed by atoms with Crippen LogP contribution >= 0.6 is 11.6 Å². The Morgan fingerprint density at radius 1 is 1.45 bits per heavy atom. The first-order valence-corrected chi connectivity index (χ1v) is 7.68. The van der Waals surface area contributed by atoms with Crippen molar-refractivity contribution in [3.63, 3.8) is 0 Å². The minimum Gasteiger partial charge on any atom is -0.381 e. The number of non-ortho nitro benzene ring substituents is 1. The van der Waals surface area contributed by atoms with Crippen LogP contribution in [0.25, 0.3) is 0 Å². The van der Waals surface area contributed by atoms with Crippen LogP contribution in [0.4, 0.5) is 5.69 Å². The number of hydrogen-bond acceptors (Lipinski definition) is 5. The van der Waals surface area contributed by atoms with E-state index in [0.717, 1.165) is 12.1 Å². The number of halogens is 1. The van der Waals surface area contributed by atoms with Gasteiger partial charge in [-0.1, -0.05) is 11.6 Å². The number of sulfonamides is 1. The van der Waals surface area contributed by atoms with Crippen molar-refractivity contribution in [3.8, 4) is 0 Å². The fraction of sp³-hybridized carbons (Fsp3) is 0.455. The molecule has 110 valence electrons. The molecule has 0 aromatic heterocycles. The van der Waals surface area contributed by atoms with Crippen molar-refractivity contribution in [3.05, 3.63) is 33.3 Å². The van der Waals surface area contributed by atoms with Gasteiger partial charge in [-0.15, -0.1) is 0 Å². The lowest BCUT2D eigenvalue weighted by Crippen LogP contribution is -2.47. The fourth-order valence-electron chi connectivity index (χ4n) is 1.95. The molecule has 0 atom stereocenters. The highest BCUT2D eigenvalue weighted by Crippen LogP contribution is 2.29. The van der Waals surface area contributed by atoms with Crippen molar-refractivity contribution in [2.45, 2.75) is 29.9 Å². The number of methoxy groups -OCH3 is 1. The molecule has 2 rings (SSSR count). The van der Waals surface area contributed by atoms with Gasteiger partial charge in [0.25, 0.3) is 5.69 Å². The Morgan fingerprint density at radius 2 is 2.10 bits per heavy atom. The van der Waals surface area contributed by atoms with Crippen LogP contribution in [0.15, 0.2) is 23.1 Å². The maximum atomic E-state index is 12.2. The zero-order valence-corrected chi connectivity index (χ0v) is 12.1. The molecule has 0 radical (unpaired) electrons. The Bertz CT molecular complexity index is 628. The fourth-order valence-corrected chi connectivity index (χ4v) is 3.73. The molecule has 1 aliphatic rings. The zero-order chi connectivity index (χ0) is 14.9. The summed E-state index contributed by atoms with van der Waals surface area (Å²) in [5.41, 5.74) is -0.321. The first kappa shape index (κ1) is 15.2. The molecular formula is C11H13ClN2O5S. The van der Waals surface area contributed by atoms with E-state index in [1.165, 1.54) is 6.07 Å². The normalized spacial score (nSPS) is 22.3. The molecule has 0 heterocycles. The summed E-state index contributed by atoms with van der Waals surface area (Å²) in [4.78, 5) is 9.74. The third-order valence-electron chi connectivity index (χ3n) is 3.17. The van der Waals surface area contributed by atoms with Gasteiger partial charge in [-0.25, -0.2) is 13.1 Å². The minimum atomic E-state index is -3.88. The molecular weight excluding hydrogens is 308 g/mol. The summed E-state index contributed by atoms with van der Waals surface area (Å²) in [7, 11) is -2.32. The minimum absolute atomic E-state index is 0.0447. The van der Waals surface area contributed by atoms with Crippen molar-refractivity contribution in [2.75, 3.05) is 7.11 Å². The summed E-state index contributed by atoms with van der Waals surface area (Å²) in [6, 6.07) is 3.08. The van der Waals surface area contributed by atoms with Crippen LogP contribution in [0.3, 0.4) is 0 Å². The van der Waals surface area contributed by atoms with E-state index < -0.39 is 14.9 Å². The van der Waals surface area contributed by atoms with E-state index >= 15 is 0 Å². The van der Waals surface area contributed by atoms with Crippen LogP contribution < -0.4 is 4.72 Å². The predicted molar refractivity (Wildman–Crippen MR) is 72.2 cm³/mol. The van der Waals surface area contributed by atoms with E-state index in [4.69, 9.17) is 16.3 Å². The molecule has 0 spiro atoms. The van der Waals surface area contributed by atoms with Crippen LogP contribution in [0.5, 0.6) is 0 Å². The summed E-state index contributed by atoms with van der Waals surface area (Å²) >= 11 is 5.82. The summed E-state index contributed by atoms with van der Waals surface area (Å²) < 4.78 is 31.9. The van der Waals surface area contributed by atoms with Gasteiger partial charge >= 0.3 is 0 Å². The number of nitrogens with zero attached hydrogens (tertiary/aromatic N) is 1. The van der Waals surface area contributed by atoms with Crippen LogP contribution in [0.1, 0.15) is 12.8 Å². The summed E-state index contributed by atoms with van der Waals surface area (Å²) in [6.45, 7) is 0. The lowest BCUT2D eigenvalue weighted by molar-refractivity contribution is -0.385. The summed E-state index contributed by atoms with van der Waals surface area (Å²) in [6.07, 6.45) is 1.19. The van der Waals surface area contributed by atoms with E-state index in [9.17, 15) is 18.5 Å². The molecule has 9 heteroatoms. The molecule has 0 unspecified atom stereocenters. The Kier molecular flexibility index (Phi) is 4.28. The van der Waals surface area contributed by atoms with Crippen LogP contribution in [-0.2, 0) is 14.8 Å². The summed E-state index contributed by atoms with van der Waals surface area (Å²) in [5.74, 6) is 0. The molecule has 1 N–H and O–H groups in total. The molecule has 0 bridgehead atoms. The molecule has 0 amide bonds. The number of nitro benzene ring substituents is 1. The third-order valence-corrected chi connectivity index (χ3v) is 5.17. The van der Waals surface area contributed by atoms with Gasteiger partial charge in [-0.05, 0) is 18.9 Å². The Labute approximate surface area is 121 Å². The Balaban J connectivity index is 2.21. The zero-order valence-electron chi connectivity index (χ0n) is 10.6. The number of nitro groups is 1. The predicted octanol–water partition coefficient (Wildman–Crippen LogP) is 1.70. The Morgan fingerprint density at radius 3 is 2.65 bits per heavy atom. The van der Waals surface area contributed by atoms with Gasteiger partial charge in [0.2, 0.25) is 10.0 Å². The van der Waals surface area contributed by atoms with E-state index in [0.29, 0.717) is 12.8 Å². The third kappa shape index (κ3) is 3.09. The number of nitrogens with one attached hydrogen (secondary N) is 1. The van der Waals surface area contributed by atoms with Crippen molar-refractivity contribution in [2.24, 2.45) is 0 Å². The maximum Gasteiger partial charge on any atom is 0.270 e. The van der Waals surface area contributed by atoms with Gasteiger partial charge in [0.05, 0.1) is 16.0 Å². The number of ether oxygens (including phenoxy) is 1. The smallest absolute Gasteiger partial charge is 0.270 e. The number of rotatable bonds is 5. The second-order valence-electron chi connectivity index (χ2n) is 4.52. The lowest BCUT2D eigenvalue weighted by Gasteiger charge is -2.34. The van der Waals surface area contributed by atoms with Gasteiger partial charge in [0.1, 0.15) is 4.90 Å². The molecule has 1 aromatic rings. The van der Waals surface area contributed by atoms with Crippen LogP contribution in [0, 0.1) is 10.1 Å². The average Bonchev–Trinajstić information content (AvgIpc) is 2.33.